The second-order valence-electron chi connectivity index (χ2n) is 6.81. The summed E-state index contributed by atoms with van der Waals surface area (Å²) in [5.41, 5.74) is 2.42. The summed E-state index contributed by atoms with van der Waals surface area (Å²) in [5.74, 6) is 0.804. The van der Waals surface area contributed by atoms with Gasteiger partial charge in [-0.3, -0.25) is 4.79 Å². The summed E-state index contributed by atoms with van der Waals surface area (Å²) in [7, 11) is -2.00. The van der Waals surface area contributed by atoms with E-state index in [0.717, 1.165) is 17.4 Å². The van der Waals surface area contributed by atoms with Crippen LogP contribution in [0.3, 0.4) is 0 Å². The van der Waals surface area contributed by atoms with Gasteiger partial charge >= 0.3 is 10.1 Å². The van der Waals surface area contributed by atoms with E-state index in [2.05, 4.69) is 0 Å². The number of hydrogen-bond donors (Lipinski definition) is 0. The number of hydrogen-bond acceptors (Lipinski definition) is 5. The Hall–Kier alpha value is -3.32. The van der Waals surface area contributed by atoms with Crippen LogP contribution in [0.2, 0.25) is 0 Å². The Bertz CT molecular complexity index is 1080. The van der Waals surface area contributed by atoms with Crippen LogP contribution in [0.15, 0.2) is 78.9 Å². The van der Waals surface area contributed by atoms with Crippen LogP contribution in [0, 0.1) is 0 Å². The van der Waals surface area contributed by atoms with Crippen LogP contribution in [-0.2, 0) is 23.2 Å². The second kappa shape index (κ2) is 9.45. The van der Waals surface area contributed by atoms with E-state index in [0.29, 0.717) is 24.4 Å². The lowest BCUT2D eigenvalue weighted by molar-refractivity contribution is 0.0730. The topological polar surface area (TPSA) is 72.9 Å². The van der Waals surface area contributed by atoms with Crippen molar-refractivity contribution in [3.8, 4) is 11.5 Å². The molecule has 0 atom stereocenters. The van der Waals surface area contributed by atoms with Crippen molar-refractivity contribution in [1.29, 1.82) is 0 Å². The molecule has 0 spiro atoms. The molecule has 0 fully saturated rings. The molecule has 1 amide bonds. The highest BCUT2D eigenvalue weighted by molar-refractivity contribution is 7.86. The molecular formula is C23H23NO5S. The third kappa shape index (κ3) is 6.09. The summed E-state index contributed by atoms with van der Waals surface area (Å²) in [5, 5.41) is 0. The number of amides is 1. The number of nitrogens with zero attached hydrogens (tertiary/aromatic N) is 1. The Morgan fingerprint density at radius 1 is 0.800 bits per heavy atom. The average Bonchev–Trinajstić information content (AvgIpc) is 2.74. The third-order valence-corrected chi connectivity index (χ3v) is 4.88. The zero-order valence-electron chi connectivity index (χ0n) is 16.8. The molecule has 0 radical (unpaired) electrons. The predicted molar refractivity (Wildman–Crippen MR) is 115 cm³/mol. The first-order valence-corrected chi connectivity index (χ1v) is 11.1. The van der Waals surface area contributed by atoms with Crippen molar-refractivity contribution in [3.05, 3.63) is 95.6 Å². The summed E-state index contributed by atoms with van der Waals surface area (Å²) in [6, 6.07) is 23.4. The quantitative estimate of drug-likeness (QED) is 0.512. The lowest BCUT2D eigenvalue weighted by Crippen LogP contribution is -2.30. The zero-order chi connectivity index (χ0) is 21.6. The van der Waals surface area contributed by atoms with E-state index in [1.165, 1.54) is 0 Å². The van der Waals surface area contributed by atoms with Gasteiger partial charge < -0.3 is 13.8 Å². The molecule has 0 bridgehead atoms. The number of methoxy groups -OCH3 is 1. The molecule has 0 aliphatic rings. The van der Waals surface area contributed by atoms with Crippen LogP contribution in [0.1, 0.15) is 21.5 Å². The molecule has 3 rings (SSSR count). The van der Waals surface area contributed by atoms with Crippen molar-refractivity contribution < 1.29 is 22.1 Å². The normalized spacial score (nSPS) is 11.0. The molecule has 6 nitrogen and oxygen atoms in total. The minimum Gasteiger partial charge on any atom is -0.497 e. The highest BCUT2D eigenvalue weighted by Crippen LogP contribution is 2.19. The molecule has 30 heavy (non-hydrogen) atoms. The Kier molecular flexibility index (Phi) is 6.74. The molecule has 0 saturated carbocycles. The standard InChI is InChI=1S/C23H23NO5S/c1-28-21-14-10-20(11-15-21)23(25)24(16-18-6-4-3-5-7-18)17-19-8-12-22(13-9-19)29-30(2,26)27/h3-15H,16-17H2,1-2H3. The Labute approximate surface area is 176 Å². The summed E-state index contributed by atoms with van der Waals surface area (Å²) in [4.78, 5) is 14.9. The van der Waals surface area contributed by atoms with E-state index in [4.69, 9.17) is 8.92 Å². The maximum atomic E-state index is 13.2. The minimum absolute atomic E-state index is 0.113. The monoisotopic (exact) mass is 425 g/mol. The van der Waals surface area contributed by atoms with Gasteiger partial charge in [0.05, 0.1) is 13.4 Å². The molecular weight excluding hydrogens is 402 g/mol. The van der Waals surface area contributed by atoms with Crippen LogP contribution >= 0.6 is 0 Å². The number of carbonyl (C=O) groups excluding carboxylic acids is 1. The number of carbonyl (C=O) groups is 1. The second-order valence-corrected chi connectivity index (χ2v) is 8.38. The Morgan fingerprint density at radius 3 is 1.87 bits per heavy atom. The number of rotatable bonds is 8. The molecule has 0 unspecified atom stereocenters. The fraction of sp³-hybridized carbons (Fsp3) is 0.174. The minimum atomic E-state index is -3.58. The molecule has 7 heteroatoms. The van der Waals surface area contributed by atoms with Crippen molar-refractivity contribution in [2.45, 2.75) is 13.1 Å². The van der Waals surface area contributed by atoms with Gasteiger partial charge in [0, 0.05) is 18.7 Å². The highest BCUT2D eigenvalue weighted by Gasteiger charge is 2.17. The average molecular weight is 426 g/mol. The van der Waals surface area contributed by atoms with Gasteiger partial charge in [0.25, 0.3) is 5.91 Å². The first-order chi connectivity index (χ1) is 14.3. The fourth-order valence-corrected chi connectivity index (χ4v) is 3.43. The van der Waals surface area contributed by atoms with Crippen molar-refractivity contribution >= 4 is 16.0 Å². The van der Waals surface area contributed by atoms with E-state index in [-0.39, 0.29) is 11.7 Å². The van der Waals surface area contributed by atoms with Crippen molar-refractivity contribution in [3.63, 3.8) is 0 Å². The Morgan fingerprint density at radius 2 is 1.33 bits per heavy atom. The zero-order valence-corrected chi connectivity index (χ0v) is 17.6. The number of benzene rings is 3. The smallest absolute Gasteiger partial charge is 0.306 e. The van der Waals surface area contributed by atoms with Gasteiger partial charge in [-0.1, -0.05) is 42.5 Å². The molecule has 3 aromatic rings. The molecule has 156 valence electrons. The molecule has 3 aromatic carbocycles. The van der Waals surface area contributed by atoms with E-state index in [1.54, 1.807) is 60.5 Å². The van der Waals surface area contributed by atoms with Crippen molar-refractivity contribution in [1.82, 2.24) is 4.90 Å². The summed E-state index contributed by atoms with van der Waals surface area (Å²) in [6.45, 7) is 0.798. The van der Waals surface area contributed by atoms with Gasteiger partial charge in [0.2, 0.25) is 0 Å². The van der Waals surface area contributed by atoms with Crippen LogP contribution < -0.4 is 8.92 Å². The maximum absolute atomic E-state index is 13.2. The van der Waals surface area contributed by atoms with E-state index in [9.17, 15) is 13.2 Å². The number of ether oxygens (including phenoxy) is 1. The van der Waals surface area contributed by atoms with Crippen LogP contribution in [0.4, 0.5) is 0 Å². The van der Waals surface area contributed by atoms with Crippen molar-refractivity contribution in [2.75, 3.05) is 13.4 Å². The van der Waals surface area contributed by atoms with Crippen molar-refractivity contribution in [2.24, 2.45) is 0 Å². The predicted octanol–water partition coefficient (Wildman–Crippen LogP) is 3.88. The molecule has 0 N–H and O–H groups in total. The maximum Gasteiger partial charge on any atom is 0.306 e. The summed E-state index contributed by atoms with van der Waals surface area (Å²) < 4.78 is 32.6. The lowest BCUT2D eigenvalue weighted by atomic mass is 10.1. The van der Waals surface area contributed by atoms with Crippen LogP contribution in [0.5, 0.6) is 11.5 Å². The highest BCUT2D eigenvalue weighted by atomic mass is 32.2. The van der Waals surface area contributed by atoms with E-state index < -0.39 is 10.1 Å². The van der Waals surface area contributed by atoms with Gasteiger partial charge in [-0.15, -0.1) is 0 Å². The lowest BCUT2D eigenvalue weighted by Gasteiger charge is -2.23. The molecule has 0 heterocycles. The van der Waals surface area contributed by atoms with E-state index in [1.807, 2.05) is 30.3 Å². The third-order valence-electron chi connectivity index (χ3n) is 4.38. The molecule has 0 saturated heterocycles. The fourth-order valence-electron chi connectivity index (χ4n) is 2.97. The summed E-state index contributed by atoms with van der Waals surface area (Å²) in [6.07, 6.45) is 0.996. The molecule has 0 aromatic heterocycles. The van der Waals surface area contributed by atoms with E-state index >= 15 is 0 Å². The summed E-state index contributed by atoms with van der Waals surface area (Å²) >= 11 is 0. The van der Waals surface area contributed by atoms with Gasteiger partial charge in [-0.25, -0.2) is 0 Å². The van der Waals surface area contributed by atoms with Gasteiger partial charge in [0.15, 0.2) is 0 Å². The van der Waals surface area contributed by atoms with Crippen LogP contribution in [-0.4, -0.2) is 32.6 Å². The molecule has 0 aliphatic heterocycles. The first kappa shape index (κ1) is 21.4. The van der Waals surface area contributed by atoms with Crippen LogP contribution in [0.25, 0.3) is 0 Å². The van der Waals surface area contributed by atoms with Gasteiger partial charge in [0.1, 0.15) is 11.5 Å². The van der Waals surface area contributed by atoms with Gasteiger partial charge in [-0.05, 0) is 47.5 Å². The first-order valence-electron chi connectivity index (χ1n) is 9.30. The SMILES string of the molecule is COc1ccc(C(=O)N(Cc2ccccc2)Cc2ccc(OS(C)(=O)=O)cc2)cc1. The Balaban J connectivity index is 1.82. The van der Waals surface area contributed by atoms with Gasteiger partial charge in [-0.2, -0.15) is 8.42 Å². The largest absolute Gasteiger partial charge is 0.497 e. The molecule has 0 aliphatic carbocycles.